The van der Waals surface area contributed by atoms with Crippen LogP contribution in [0.4, 0.5) is 5.69 Å². The van der Waals surface area contributed by atoms with Gasteiger partial charge in [-0.15, -0.1) is 0 Å². The van der Waals surface area contributed by atoms with Crippen molar-refractivity contribution in [1.29, 1.82) is 0 Å². The van der Waals surface area contributed by atoms with Crippen LogP contribution in [0.15, 0.2) is 47.1 Å². The summed E-state index contributed by atoms with van der Waals surface area (Å²) in [6, 6.07) is 11.3. The Morgan fingerprint density at radius 1 is 1.03 bits per heavy atom. The van der Waals surface area contributed by atoms with Crippen LogP contribution in [0.5, 0.6) is 0 Å². The molecule has 0 bridgehead atoms. The van der Waals surface area contributed by atoms with Crippen molar-refractivity contribution < 1.29 is 14.0 Å². The van der Waals surface area contributed by atoms with Crippen LogP contribution in [0.1, 0.15) is 46.3 Å². The van der Waals surface area contributed by atoms with E-state index in [-0.39, 0.29) is 18.2 Å². The number of carbonyl (C=O) groups is 2. The summed E-state index contributed by atoms with van der Waals surface area (Å²) in [7, 11) is 0. The summed E-state index contributed by atoms with van der Waals surface area (Å²) in [4.78, 5) is 27.5. The molecule has 0 saturated carbocycles. The van der Waals surface area contributed by atoms with Gasteiger partial charge < -0.3 is 14.6 Å². The number of hydrogen-bond donors (Lipinski definition) is 1. The van der Waals surface area contributed by atoms with Gasteiger partial charge >= 0.3 is 0 Å². The summed E-state index contributed by atoms with van der Waals surface area (Å²) in [6.07, 6.45) is 5.09. The first-order valence-corrected chi connectivity index (χ1v) is 10.2. The fourth-order valence-corrected chi connectivity index (χ4v) is 3.94. The molecule has 0 spiro atoms. The molecular weight excluding hydrogens is 364 g/mol. The molecule has 5 heteroatoms. The minimum absolute atomic E-state index is 0.0135. The van der Waals surface area contributed by atoms with E-state index in [1.54, 1.807) is 18.4 Å². The van der Waals surface area contributed by atoms with Gasteiger partial charge in [-0.25, -0.2) is 0 Å². The lowest BCUT2D eigenvalue weighted by molar-refractivity contribution is -0.115. The van der Waals surface area contributed by atoms with Gasteiger partial charge in [0.25, 0.3) is 5.91 Å². The van der Waals surface area contributed by atoms with E-state index >= 15 is 0 Å². The Morgan fingerprint density at radius 2 is 1.79 bits per heavy atom. The molecule has 1 aromatic heterocycles. The van der Waals surface area contributed by atoms with Gasteiger partial charge in [0.1, 0.15) is 5.58 Å². The SMILES string of the molecule is Cc1ccc2c(CC(=O)Nc3ccccc3C(=O)N3CCCCC3)coc2c1C. The van der Waals surface area contributed by atoms with Crippen LogP contribution in [0.3, 0.4) is 0 Å². The van der Waals surface area contributed by atoms with Gasteiger partial charge in [-0.05, 0) is 56.4 Å². The van der Waals surface area contributed by atoms with Crippen LogP contribution in [0.2, 0.25) is 0 Å². The minimum atomic E-state index is -0.162. The Bertz CT molecular complexity index is 1060. The molecule has 1 saturated heterocycles. The lowest BCUT2D eigenvalue weighted by Crippen LogP contribution is -2.36. The van der Waals surface area contributed by atoms with Crippen LogP contribution >= 0.6 is 0 Å². The van der Waals surface area contributed by atoms with Crippen molar-refractivity contribution in [1.82, 2.24) is 4.90 Å². The second kappa shape index (κ2) is 8.11. The van der Waals surface area contributed by atoms with Crippen molar-refractivity contribution >= 4 is 28.5 Å². The van der Waals surface area contributed by atoms with Crippen LogP contribution in [0, 0.1) is 13.8 Å². The van der Waals surface area contributed by atoms with Crippen molar-refractivity contribution in [2.75, 3.05) is 18.4 Å². The number of benzene rings is 2. The summed E-state index contributed by atoms with van der Waals surface area (Å²) in [5, 5.41) is 3.89. The molecule has 5 nitrogen and oxygen atoms in total. The fraction of sp³-hybridized carbons (Fsp3) is 0.333. The molecular formula is C24H26N2O3. The van der Waals surface area contributed by atoms with Crippen molar-refractivity contribution in [2.45, 2.75) is 39.5 Å². The summed E-state index contributed by atoms with van der Waals surface area (Å²) >= 11 is 0. The Balaban J connectivity index is 1.52. The molecule has 4 rings (SSSR count). The topological polar surface area (TPSA) is 62.6 Å². The molecule has 29 heavy (non-hydrogen) atoms. The van der Waals surface area contributed by atoms with E-state index in [4.69, 9.17) is 4.42 Å². The van der Waals surface area contributed by atoms with Crippen LogP contribution < -0.4 is 5.32 Å². The number of fused-ring (bicyclic) bond motifs is 1. The summed E-state index contributed by atoms with van der Waals surface area (Å²) in [6.45, 7) is 5.62. The predicted molar refractivity (Wildman–Crippen MR) is 114 cm³/mol. The second-order valence-electron chi connectivity index (χ2n) is 7.77. The number of amides is 2. The molecule has 0 atom stereocenters. The molecule has 0 unspecified atom stereocenters. The highest BCUT2D eigenvalue weighted by atomic mass is 16.3. The first kappa shape index (κ1) is 19.2. The van der Waals surface area contributed by atoms with E-state index in [0.717, 1.165) is 53.6 Å². The highest BCUT2D eigenvalue weighted by Gasteiger charge is 2.21. The van der Waals surface area contributed by atoms with E-state index < -0.39 is 0 Å². The highest BCUT2D eigenvalue weighted by Crippen LogP contribution is 2.27. The smallest absolute Gasteiger partial charge is 0.255 e. The van der Waals surface area contributed by atoms with Gasteiger partial charge in [-0.2, -0.15) is 0 Å². The zero-order valence-corrected chi connectivity index (χ0v) is 17.0. The number of likely N-dealkylation sites (tertiary alicyclic amines) is 1. The molecule has 1 fully saturated rings. The average molecular weight is 390 g/mol. The van der Waals surface area contributed by atoms with Crippen molar-refractivity contribution in [3.8, 4) is 0 Å². The lowest BCUT2D eigenvalue weighted by Gasteiger charge is -2.27. The van der Waals surface area contributed by atoms with Crippen molar-refractivity contribution in [2.24, 2.45) is 0 Å². The second-order valence-corrected chi connectivity index (χ2v) is 7.77. The minimum Gasteiger partial charge on any atom is -0.464 e. The zero-order valence-electron chi connectivity index (χ0n) is 17.0. The fourth-order valence-electron chi connectivity index (χ4n) is 3.94. The van der Waals surface area contributed by atoms with Crippen LogP contribution in [0.25, 0.3) is 11.0 Å². The van der Waals surface area contributed by atoms with Gasteiger partial charge in [0.15, 0.2) is 0 Å². The largest absolute Gasteiger partial charge is 0.464 e. The van der Waals surface area contributed by atoms with E-state index in [2.05, 4.69) is 5.32 Å². The molecule has 0 aliphatic carbocycles. The number of piperidine rings is 1. The molecule has 2 aromatic carbocycles. The number of nitrogens with zero attached hydrogens (tertiary/aromatic N) is 1. The van der Waals surface area contributed by atoms with E-state index in [9.17, 15) is 9.59 Å². The molecule has 3 aromatic rings. The lowest BCUT2D eigenvalue weighted by atomic mass is 10.0. The third-order valence-corrected chi connectivity index (χ3v) is 5.77. The van der Waals surface area contributed by atoms with E-state index in [1.165, 1.54) is 6.42 Å². The van der Waals surface area contributed by atoms with Crippen molar-refractivity contribution in [3.05, 3.63) is 64.9 Å². The Labute approximate surface area is 170 Å². The maximum absolute atomic E-state index is 12.9. The molecule has 1 N–H and O–H groups in total. The summed E-state index contributed by atoms with van der Waals surface area (Å²) < 4.78 is 5.71. The normalized spacial score (nSPS) is 14.2. The number of aryl methyl sites for hydroxylation is 2. The number of rotatable bonds is 4. The summed E-state index contributed by atoms with van der Waals surface area (Å²) in [5.74, 6) is -0.176. The molecule has 0 radical (unpaired) electrons. The first-order chi connectivity index (χ1) is 14.0. The Morgan fingerprint density at radius 3 is 2.59 bits per heavy atom. The number of nitrogens with one attached hydrogen (secondary N) is 1. The maximum Gasteiger partial charge on any atom is 0.255 e. The van der Waals surface area contributed by atoms with Gasteiger partial charge in [0, 0.05) is 24.0 Å². The number of hydrogen-bond acceptors (Lipinski definition) is 3. The first-order valence-electron chi connectivity index (χ1n) is 10.2. The third kappa shape index (κ3) is 3.90. The van der Waals surface area contributed by atoms with E-state index in [0.29, 0.717) is 11.3 Å². The average Bonchev–Trinajstić information content (AvgIpc) is 3.14. The van der Waals surface area contributed by atoms with Crippen molar-refractivity contribution in [3.63, 3.8) is 0 Å². The number of furan rings is 1. The number of carbonyl (C=O) groups excluding carboxylic acids is 2. The third-order valence-electron chi connectivity index (χ3n) is 5.77. The highest BCUT2D eigenvalue weighted by molar-refractivity contribution is 6.04. The summed E-state index contributed by atoms with van der Waals surface area (Å²) in [5.41, 5.74) is 5.03. The maximum atomic E-state index is 12.9. The van der Waals surface area contributed by atoms with Gasteiger partial charge in [-0.1, -0.05) is 24.3 Å². The zero-order chi connectivity index (χ0) is 20.4. The molecule has 2 heterocycles. The number of anilines is 1. The molecule has 1 aliphatic heterocycles. The molecule has 2 amide bonds. The monoisotopic (exact) mass is 390 g/mol. The van der Waals surface area contributed by atoms with Gasteiger partial charge in [-0.3, -0.25) is 9.59 Å². The molecule has 150 valence electrons. The quantitative estimate of drug-likeness (QED) is 0.692. The Kier molecular flexibility index (Phi) is 5.38. The van der Waals surface area contributed by atoms with Gasteiger partial charge in [0.05, 0.1) is 23.9 Å². The Hall–Kier alpha value is -3.08. The molecule has 1 aliphatic rings. The number of para-hydroxylation sites is 1. The predicted octanol–water partition coefficient (Wildman–Crippen LogP) is 4.86. The van der Waals surface area contributed by atoms with Gasteiger partial charge in [0.2, 0.25) is 5.91 Å². The van der Waals surface area contributed by atoms with Crippen LogP contribution in [-0.2, 0) is 11.2 Å². The van der Waals surface area contributed by atoms with Crippen LogP contribution in [-0.4, -0.2) is 29.8 Å². The standard InChI is InChI=1S/C24H26N2O3/c1-16-10-11-19-18(15-29-23(19)17(16)2)14-22(27)25-21-9-5-4-8-20(21)24(28)26-12-6-3-7-13-26/h4-5,8-11,15H,3,6-7,12-14H2,1-2H3,(H,25,27). The van der Waals surface area contributed by atoms with E-state index in [1.807, 2.05) is 43.0 Å².